The highest BCUT2D eigenvalue weighted by molar-refractivity contribution is 6.30. The lowest BCUT2D eigenvalue weighted by Gasteiger charge is -2.23. The summed E-state index contributed by atoms with van der Waals surface area (Å²) in [6.07, 6.45) is 3.79. The molecule has 0 bridgehead atoms. The van der Waals surface area contributed by atoms with Gasteiger partial charge < -0.3 is 23.7 Å². The molecule has 0 radical (unpaired) electrons. The number of esters is 1. The molecule has 3 aromatic heterocycles. The Morgan fingerprint density at radius 1 is 0.980 bits per heavy atom. The molecule has 0 saturated carbocycles. The van der Waals surface area contributed by atoms with Gasteiger partial charge in [-0.05, 0) is 66.3 Å². The number of hydrogen-bond acceptors (Lipinski definition) is 9. The molecule has 5 aromatic rings. The van der Waals surface area contributed by atoms with Crippen LogP contribution in [0.3, 0.4) is 0 Å². The molecule has 5 rings (SSSR count). The minimum absolute atomic E-state index is 0.0825. The molecule has 11 nitrogen and oxygen atoms in total. The number of benzene rings is 2. The SMILES string of the molecule is CCOC(=O)c1nn(-c2cnc(N(C)C)nc2OC)c(C(C)C)c1C(Cc1cc(Cl)c(=O)n(Cc2ccc(OC)cc2)c1)c1ccc(Cl)cc1. The first-order valence-corrected chi connectivity index (χ1v) is 16.9. The molecule has 0 amide bonds. The van der Waals surface area contributed by atoms with Crippen LogP contribution in [0.4, 0.5) is 5.95 Å². The molecule has 0 N–H and O–H groups in total. The quantitative estimate of drug-likeness (QED) is 0.120. The van der Waals surface area contributed by atoms with Crippen molar-refractivity contribution in [2.45, 2.75) is 45.6 Å². The summed E-state index contributed by atoms with van der Waals surface area (Å²) in [6, 6.07) is 16.6. The van der Waals surface area contributed by atoms with Gasteiger partial charge in [0.25, 0.3) is 5.56 Å². The van der Waals surface area contributed by atoms with Gasteiger partial charge in [0.15, 0.2) is 5.69 Å². The lowest BCUT2D eigenvalue weighted by molar-refractivity contribution is 0.0517. The van der Waals surface area contributed by atoms with E-state index in [4.69, 9.17) is 42.5 Å². The predicted molar refractivity (Wildman–Crippen MR) is 195 cm³/mol. The molecule has 0 aliphatic carbocycles. The van der Waals surface area contributed by atoms with E-state index < -0.39 is 11.9 Å². The molecule has 50 heavy (non-hydrogen) atoms. The van der Waals surface area contributed by atoms with Gasteiger partial charge in [-0.15, -0.1) is 0 Å². The third-order valence-electron chi connectivity index (χ3n) is 8.19. The Hall–Kier alpha value is -4.87. The fraction of sp³-hybridized carbons (Fsp3) is 0.324. The number of halogens is 2. The highest BCUT2D eigenvalue weighted by Gasteiger charge is 2.34. The molecule has 0 spiro atoms. The van der Waals surface area contributed by atoms with Crippen LogP contribution in [-0.2, 0) is 17.7 Å². The number of anilines is 1. The molecule has 1 unspecified atom stereocenters. The molecule has 0 saturated heterocycles. The molecule has 0 aliphatic heterocycles. The Balaban J connectivity index is 1.73. The van der Waals surface area contributed by atoms with E-state index in [2.05, 4.69) is 9.97 Å². The average molecular weight is 720 g/mol. The second kappa shape index (κ2) is 15.8. The average Bonchev–Trinajstić information content (AvgIpc) is 3.50. The van der Waals surface area contributed by atoms with E-state index >= 15 is 0 Å². The number of hydrogen-bond donors (Lipinski definition) is 0. The first kappa shape index (κ1) is 36.4. The van der Waals surface area contributed by atoms with Gasteiger partial charge in [-0.1, -0.05) is 61.3 Å². The number of pyridine rings is 1. The van der Waals surface area contributed by atoms with Gasteiger partial charge in [-0.25, -0.2) is 14.5 Å². The lowest BCUT2D eigenvalue weighted by atomic mass is 9.83. The van der Waals surface area contributed by atoms with Crippen molar-refractivity contribution in [2.75, 3.05) is 39.8 Å². The third kappa shape index (κ3) is 7.79. The minimum Gasteiger partial charge on any atom is -0.497 e. The highest BCUT2D eigenvalue weighted by Crippen LogP contribution is 2.39. The number of aromatic nitrogens is 5. The molecule has 262 valence electrons. The Labute approximate surface area is 301 Å². The van der Waals surface area contributed by atoms with E-state index in [0.717, 1.165) is 28.1 Å². The standard InChI is InChI=1S/C37H40Cl2N6O5/c1-8-50-36(47)32-31(33(22(2)3)45(42-32)30-19-40-37(43(4)5)41-34(30)49-7)28(25-11-13-26(38)14-12-25)17-24-18-29(39)35(46)44(21-24)20-23-9-15-27(48-6)16-10-23/h9-16,18-19,21-22,28H,8,17,20H2,1-7H3. The van der Waals surface area contributed by atoms with Gasteiger partial charge in [0, 0.05) is 36.8 Å². The molecule has 3 heterocycles. The summed E-state index contributed by atoms with van der Waals surface area (Å²) in [6.45, 7) is 6.26. The van der Waals surface area contributed by atoms with Gasteiger partial charge in [-0.2, -0.15) is 10.1 Å². The van der Waals surface area contributed by atoms with Crippen LogP contribution >= 0.6 is 23.2 Å². The van der Waals surface area contributed by atoms with Gasteiger partial charge in [-0.3, -0.25) is 4.79 Å². The zero-order chi connectivity index (χ0) is 36.1. The van der Waals surface area contributed by atoms with E-state index in [1.54, 1.807) is 40.4 Å². The van der Waals surface area contributed by atoms with Crippen LogP contribution in [0, 0.1) is 0 Å². The number of methoxy groups -OCH3 is 2. The van der Waals surface area contributed by atoms with Crippen LogP contribution in [0.2, 0.25) is 10.0 Å². The Morgan fingerprint density at radius 3 is 2.28 bits per heavy atom. The van der Waals surface area contributed by atoms with Crippen molar-refractivity contribution in [3.8, 4) is 17.3 Å². The lowest BCUT2D eigenvalue weighted by Crippen LogP contribution is -2.22. The summed E-state index contributed by atoms with van der Waals surface area (Å²) in [5, 5.41) is 5.53. The number of ether oxygens (including phenoxy) is 3. The molecule has 2 aromatic carbocycles. The van der Waals surface area contributed by atoms with Crippen molar-refractivity contribution in [2.24, 2.45) is 0 Å². The van der Waals surface area contributed by atoms with Gasteiger partial charge in [0.05, 0.1) is 39.3 Å². The number of carbonyl (C=O) groups excluding carboxylic acids is 1. The first-order valence-electron chi connectivity index (χ1n) is 16.1. The van der Waals surface area contributed by atoms with Crippen molar-refractivity contribution in [3.05, 3.63) is 121 Å². The fourth-order valence-electron chi connectivity index (χ4n) is 5.87. The molecule has 0 aliphatic rings. The maximum Gasteiger partial charge on any atom is 0.359 e. The summed E-state index contributed by atoms with van der Waals surface area (Å²) in [5.74, 6) is 0.297. The molecule has 1 atom stereocenters. The smallest absolute Gasteiger partial charge is 0.359 e. The van der Waals surface area contributed by atoms with Crippen molar-refractivity contribution < 1.29 is 19.0 Å². The van der Waals surface area contributed by atoms with Crippen LogP contribution < -0.4 is 19.9 Å². The van der Waals surface area contributed by atoms with Crippen molar-refractivity contribution >= 4 is 35.1 Å². The maximum atomic E-state index is 13.8. The minimum atomic E-state index is -0.575. The summed E-state index contributed by atoms with van der Waals surface area (Å²) in [4.78, 5) is 37.9. The predicted octanol–water partition coefficient (Wildman–Crippen LogP) is 6.94. The van der Waals surface area contributed by atoms with Crippen LogP contribution in [-0.4, -0.2) is 65.2 Å². The largest absolute Gasteiger partial charge is 0.497 e. The van der Waals surface area contributed by atoms with E-state index in [1.807, 2.05) is 82.7 Å². The van der Waals surface area contributed by atoms with Gasteiger partial charge in [0.2, 0.25) is 11.8 Å². The Bertz CT molecular complexity index is 2020. The Morgan fingerprint density at radius 2 is 1.68 bits per heavy atom. The summed E-state index contributed by atoms with van der Waals surface area (Å²) < 4.78 is 19.8. The van der Waals surface area contributed by atoms with E-state index in [1.165, 1.54) is 7.11 Å². The van der Waals surface area contributed by atoms with Crippen LogP contribution in [0.15, 0.2) is 71.8 Å². The van der Waals surface area contributed by atoms with Crippen molar-refractivity contribution in [3.63, 3.8) is 0 Å². The van der Waals surface area contributed by atoms with E-state index in [-0.39, 0.29) is 34.7 Å². The normalized spacial score (nSPS) is 11.8. The fourth-order valence-corrected chi connectivity index (χ4v) is 6.24. The number of rotatable bonds is 13. The monoisotopic (exact) mass is 718 g/mol. The van der Waals surface area contributed by atoms with Crippen molar-refractivity contribution in [1.29, 1.82) is 0 Å². The maximum absolute atomic E-state index is 13.8. The topological polar surface area (TPSA) is 114 Å². The van der Waals surface area contributed by atoms with Crippen LogP contribution in [0.5, 0.6) is 11.6 Å². The number of carbonyl (C=O) groups is 1. The highest BCUT2D eigenvalue weighted by atomic mass is 35.5. The van der Waals surface area contributed by atoms with Gasteiger partial charge >= 0.3 is 5.97 Å². The third-order valence-corrected chi connectivity index (χ3v) is 8.71. The van der Waals surface area contributed by atoms with E-state index in [0.29, 0.717) is 35.2 Å². The van der Waals surface area contributed by atoms with Crippen LogP contribution in [0.25, 0.3) is 5.69 Å². The summed E-state index contributed by atoms with van der Waals surface area (Å²) in [7, 11) is 6.80. The second-order valence-corrected chi connectivity index (χ2v) is 13.0. The molecular formula is C37H40Cl2N6O5. The molecular weight excluding hydrogens is 679 g/mol. The second-order valence-electron chi connectivity index (χ2n) is 12.2. The summed E-state index contributed by atoms with van der Waals surface area (Å²) >= 11 is 12.9. The van der Waals surface area contributed by atoms with E-state index in [9.17, 15) is 9.59 Å². The molecule has 13 heteroatoms. The van der Waals surface area contributed by atoms with Crippen molar-refractivity contribution in [1.82, 2.24) is 24.3 Å². The van der Waals surface area contributed by atoms with Crippen LogP contribution in [0.1, 0.15) is 71.0 Å². The Kier molecular flexibility index (Phi) is 11.5. The number of nitrogens with zero attached hydrogens (tertiary/aromatic N) is 6. The molecule has 0 fully saturated rings. The van der Waals surface area contributed by atoms with Gasteiger partial charge in [0.1, 0.15) is 16.5 Å². The summed E-state index contributed by atoms with van der Waals surface area (Å²) in [5.41, 5.74) is 4.24. The first-order chi connectivity index (χ1) is 23.9. The zero-order valence-electron chi connectivity index (χ0n) is 29.1. The zero-order valence-corrected chi connectivity index (χ0v) is 30.6.